The van der Waals surface area contributed by atoms with Gasteiger partial charge in [-0.25, -0.2) is 4.79 Å². The summed E-state index contributed by atoms with van der Waals surface area (Å²) in [6, 6.07) is 5.08. The Hall–Kier alpha value is -1.23. The number of amides is 1. The van der Waals surface area contributed by atoms with Crippen molar-refractivity contribution < 1.29 is 15.0 Å². The van der Waals surface area contributed by atoms with Crippen molar-refractivity contribution in [3.05, 3.63) is 46.5 Å². The van der Waals surface area contributed by atoms with Crippen molar-refractivity contribution >= 4 is 29.3 Å². The van der Waals surface area contributed by atoms with Crippen LogP contribution in [-0.4, -0.2) is 39.9 Å². The molecule has 0 heterocycles. The highest BCUT2D eigenvalue weighted by Crippen LogP contribution is 2.35. The number of halogens is 2. The van der Waals surface area contributed by atoms with Gasteiger partial charge >= 0.3 is 6.09 Å². The lowest BCUT2D eigenvalue weighted by molar-refractivity contribution is 0.0662. The zero-order chi connectivity index (χ0) is 17.8. The minimum Gasteiger partial charge on any atom is -0.465 e. The number of allylic oxidation sites excluding steroid dienone is 1. The predicted molar refractivity (Wildman–Crippen MR) is 94.5 cm³/mol. The van der Waals surface area contributed by atoms with Crippen molar-refractivity contribution in [2.45, 2.75) is 38.1 Å². The largest absolute Gasteiger partial charge is 0.465 e. The molecule has 0 aliphatic carbocycles. The van der Waals surface area contributed by atoms with Crippen LogP contribution in [-0.2, 0) is 5.41 Å². The van der Waals surface area contributed by atoms with Crippen molar-refractivity contribution in [2.24, 2.45) is 0 Å². The Morgan fingerprint density at radius 2 is 1.91 bits per heavy atom. The molecule has 1 atom stereocenters. The molecule has 2 N–H and O–H groups in total. The van der Waals surface area contributed by atoms with Crippen LogP contribution in [0.15, 0.2) is 30.9 Å². The molecule has 0 aliphatic heterocycles. The zero-order valence-corrected chi connectivity index (χ0v) is 15.2. The molecule has 1 rings (SSSR count). The number of hydrogen-bond donors (Lipinski definition) is 2. The van der Waals surface area contributed by atoms with E-state index in [-0.39, 0.29) is 13.2 Å². The summed E-state index contributed by atoms with van der Waals surface area (Å²) in [5.41, 5.74) is -0.713. The van der Waals surface area contributed by atoms with Gasteiger partial charge in [0.2, 0.25) is 0 Å². The van der Waals surface area contributed by atoms with Crippen LogP contribution >= 0.6 is 23.2 Å². The molecule has 1 amide bonds. The summed E-state index contributed by atoms with van der Waals surface area (Å²) in [7, 11) is 0. The van der Waals surface area contributed by atoms with Crippen LogP contribution in [0, 0.1) is 0 Å². The van der Waals surface area contributed by atoms with Crippen molar-refractivity contribution in [2.75, 3.05) is 13.2 Å². The molecule has 4 nitrogen and oxygen atoms in total. The number of hydrogen-bond acceptors (Lipinski definition) is 2. The summed E-state index contributed by atoms with van der Waals surface area (Å²) in [5, 5.41) is 20.4. The number of carboxylic acid groups (broad SMARTS) is 1. The van der Waals surface area contributed by atoms with E-state index in [1.807, 2.05) is 20.8 Å². The van der Waals surface area contributed by atoms with E-state index in [1.165, 1.54) is 4.90 Å². The lowest BCUT2D eigenvalue weighted by atomic mass is 9.77. The van der Waals surface area contributed by atoms with Crippen molar-refractivity contribution in [1.29, 1.82) is 0 Å². The van der Waals surface area contributed by atoms with Crippen LogP contribution in [0.2, 0.25) is 10.0 Å². The fourth-order valence-electron chi connectivity index (χ4n) is 2.48. The SMILES string of the molecule is C=CCC(CO)(CN(C(=O)O)C(C)(C)C)c1ccc(Cl)c(Cl)c1. The summed E-state index contributed by atoms with van der Waals surface area (Å²) in [6.45, 7) is 9.05. The van der Waals surface area contributed by atoms with Crippen molar-refractivity contribution in [3.63, 3.8) is 0 Å². The summed E-state index contributed by atoms with van der Waals surface area (Å²) in [5.74, 6) is 0. The molecule has 6 heteroatoms. The lowest BCUT2D eigenvalue weighted by Crippen LogP contribution is -2.53. The summed E-state index contributed by atoms with van der Waals surface area (Å²) >= 11 is 12.1. The molecule has 0 saturated carbocycles. The molecule has 0 spiro atoms. The van der Waals surface area contributed by atoms with E-state index >= 15 is 0 Å². The topological polar surface area (TPSA) is 60.8 Å². The standard InChI is InChI=1S/C17H23Cl2NO3/c1-5-8-17(11-21,10-20(15(22)23)16(2,3)4)12-6-7-13(18)14(19)9-12/h5-7,9,21H,1,8,10-11H2,2-4H3,(H,22,23). The third-order valence-electron chi connectivity index (χ3n) is 3.87. The molecule has 0 saturated heterocycles. The van der Waals surface area contributed by atoms with Crippen LogP contribution in [0.1, 0.15) is 32.8 Å². The van der Waals surface area contributed by atoms with E-state index in [1.54, 1.807) is 24.3 Å². The molecule has 1 aromatic carbocycles. The number of rotatable bonds is 6. The summed E-state index contributed by atoms with van der Waals surface area (Å²) in [4.78, 5) is 13.0. The van der Waals surface area contributed by atoms with E-state index in [0.29, 0.717) is 16.5 Å². The predicted octanol–water partition coefficient (Wildman–Crippen LogP) is 4.58. The molecular formula is C17H23Cl2NO3. The maximum absolute atomic E-state index is 11.7. The third-order valence-corrected chi connectivity index (χ3v) is 4.61. The molecule has 0 fully saturated rings. The highest BCUT2D eigenvalue weighted by molar-refractivity contribution is 6.42. The van der Waals surface area contributed by atoms with Gasteiger partial charge < -0.3 is 15.1 Å². The second-order valence-electron chi connectivity index (χ2n) is 6.60. The van der Waals surface area contributed by atoms with Crippen LogP contribution < -0.4 is 0 Å². The average Bonchev–Trinajstić information content (AvgIpc) is 2.44. The molecule has 0 radical (unpaired) electrons. The van der Waals surface area contributed by atoms with E-state index in [9.17, 15) is 15.0 Å². The molecule has 0 aromatic heterocycles. The first-order chi connectivity index (χ1) is 10.6. The van der Waals surface area contributed by atoms with Gasteiger partial charge in [0.1, 0.15) is 0 Å². The second kappa shape index (κ2) is 7.56. The van der Waals surface area contributed by atoms with Crippen LogP contribution in [0.4, 0.5) is 4.79 Å². The highest BCUT2D eigenvalue weighted by atomic mass is 35.5. The molecule has 0 aliphatic rings. The Labute approximate surface area is 147 Å². The fraction of sp³-hybridized carbons (Fsp3) is 0.471. The minimum absolute atomic E-state index is 0.117. The van der Waals surface area contributed by atoms with E-state index in [0.717, 1.165) is 5.56 Å². The molecule has 23 heavy (non-hydrogen) atoms. The Bertz CT molecular complexity index is 584. The highest BCUT2D eigenvalue weighted by Gasteiger charge is 2.38. The number of carbonyl (C=O) groups is 1. The second-order valence-corrected chi connectivity index (χ2v) is 7.41. The molecule has 1 unspecified atom stereocenters. The Morgan fingerprint density at radius 1 is 1.30 bits per heavy atom. The number of nitrogens with zero attached hydrogens (tertiary/aromatic N) is 1. The molecular weight excluding hydrogens is 337 g/mol. The van der Waals surface area contributed by atoms with Crippen LogP contribution in [0.25, 0.3) is 0 Å². The normalized spacial score (nSPS) is 14.2. The van der Waals surface area contributed by atoms with Crippen LogP contribution in [0.3, 0.4) is 0 Å². The van der Waals surface area contributed by atoms with E-state index < -0.39 is 17.0 Å². The van der Waals surface area contributed by atoms with Gasteiger partial charge in [-0.05, 0) is 44.9 Å². The molecule has 1 aromatic rings. The molecule has 128 valence electrons. The van der Waals surface area contributed by atoms with Crippen molar-refractivity contribution in [3.8, 4) is 0 Å². The maximum atomic E-state index is 11.7. The quantitative estimate of drug-likeness (QED) is 0.730. The first-order valence-electron chi connectivity index (χ1n) is 7.25. The van der Waals surface area contributed by atoms with Gasteiger partial charge in [-0.15, -0.1) is 6.58 Å². The summed E-state index contributed by atoms with van der Waals surface area (Å²) in [6.07, 6.45) is 1.03. The maximum Gasteiger partial charge on any atom is 0.407 e. The van der Waals surface area contributed by atoms with Gasteiger partial charge in [0.05, 0.1) is 16.7 Å². The first-order valence-corrected chi connectivity index (χ1v) is 8.01. The van der Waals surface area contributed by atoms with Gasteiger partial charge in [-0.2, -0.15) is 0 Å². The number of aliphatic hydroxyl groups excluding tert-OH is 1. The Balaban J connectivity index is 3.38. The Kier molecular flexibility index (Phi) is 6.51. The van der Waals surface area contributed by atoms with Crippen molar-refractivity contribution in [1.82, 2.24) is 4.90 Å². The van der Waals surface area contributed by atoms with Gasteiger partial charge in [-0.1, -0.05) is 35.3 Å². The van der Waals surface area contributed by atoms with Gasteiger partial charge in [0, 0.05) is 17.5 Å². The zero-order valence-electron chi connectivity index (χ0n) is 13.6. The van der Waals surface area contributed by atoms with Gasteiger partial charge in [0.15, 0.2) is 0 Å². The van der Waals surface area contributed by atoms with Gasteiger partial charge in [0.25, 0.3) is 0 Å². The van der Waals surface area contributed by atoms with E-state index in [4.69, 9.17) is 23.2 Å². The minimum atomic E-state index is -1.04. The third kappa shape index (κ3) is 4.63. The van der Waals surface area contributed by atoms with Gasteiger partial charge in [-0.3, -0.25) is 0 Å². The van der Waals surface area contributed by atoms with Crippen LogP contribution in [0.5, 0.6) is 0 Å². The van der Waals surface area contributed by atoms with E-state index in [2.05, 4.69) is 6.58 Å². The smallest absolute Gasteiger partial charge is 0.407 e. The number of benzene rings is 1. The monoisotopic (exact) mass is 359 g/mol. The lowest BCUT2D eigenvalue weighted by Gasteiger charge is -2.41. The first kappa shape index (κ1) is 19.8. The fourth-order valence-corrected chi connectivity index (χ4v) is 2.77. The molecule has 0 bridgehead atoms. The average molecular weight is 360 g/mol. The number of aliphatic hydroxyl groups is 1. The Morgan fingerprint density at radius 3 is 2.30 bits per heavy atom. The summed E-state index contributed by atoms with van der Waals surface area (Å²) < 4.78 is 0.